The highest BCUT2D eigenvalue weighted by Crippen LogP contribution is 2.41. The van der Waals surface area contributed by atoms with Crippen LogP contribution in [0.2, 0.25) is 0 Å². The Morgan fingerprint density at radius 1 is 1.38 bits per heavy atom. The van der Waals surface area contributed by atoms with E-state index in [0.717, 1.165) is 10.4 Å². The molecule has 4 nitrogen and oxygen atoms in total. The number of fused-ring (bicyclic) bond motifs is 1. The van der Waals surface area contributed by atoms with Gasteiger partial charge in [-0.1, -0.05) is 18.2 Å². The minimum Gasteiger partial charge on any atom is -0.416 e. The molecule has 2 aliphatic rings. The van der Waals surface area contributed by atoms with Crippen LogP contribution in [0, 0.1) is 11.7 Å². The van der Waals surface area contributed by atoms with E-state index >= 15 is 0 Å². The monoisotopic (exact) mass is 377 g/mol. The number of Topliss-reactive ketones (excluding diaryl/α,β-unsaturated/α-hetero) is 1. The lowest BCUT2D eigenvalue weighted by Crippen LogP contribution is -2.38. The first kappa shape index (κ1) is 13.2. The van der Waals surface area contributed by atoms with Crippen LogP contribution in [0.3, 0.4) is 0 Å². The van der Waals surface area contributed by atoms with Crippen LogP contribution in [0.25, 0.3) is 0 Å². The van der Waals surface area contributed by atoms with Gasteiger partial charge in [0.15, 0.2) is 10.8 Å². The van der Waals surface area contributed by atoms with Gasteiger partial charge in [0.25, 0.3) is 0 Å². The molecule has 1 unspecified atom stereocenters. The molecule has 1 aliphatic carbocycles. The van der Waals surface area contributed by atoms with Crippen molar-refractivity contribution >= 4 is 23.1 Å². The van der Waals surface area contributed by atoms with Crippen molar-refractivity contribution in [2.24, 2.45) is 5.92 Å². The minimum absolute atomic E-state index is 0.111. The number of hydrogen-bond donors (Lipinski definition) is 0. The van der Waals surface area contributed by atoms with Gasteiger partial charge in [-0.2, -0.15) is 0 Å². The van der Waals surface area contributed by atoms with Crippen molar-refractivity contribution in [3.05, 3.63) is 52.2 Å². The average molecular weight is 377 g/mol. The molecule has 6 heteroatoms. The summed E-state index contributed by atoms with van der Waals surface area (Å²) in [6.45, 7) is 2.02. The molecule has 2 heterocycles. The number of carbonyl (C=O) groups is 2. The number of halogens is 1. The van der Waals surface area contributed by atoms with Crippen molar-refractivity contribution in [2.45, 2.75) is 38.7 Å². The largest absolute Gasteiger partial charge is 0.416 e. The Hall–Kier alpha value is -2.05. The summed E-state index contributed by atoms with van der Waals surface area (Å²) in [5, 5.41) is 0.456. The summed E-state index contributed by atoms with van der Waals surface area (Å²) in [6, 6.07) is 6.46. The summed E-state index contributed by atoms with van der Waals surface area (Å²) in [7, 11) is 0. The van der Waals surface area contributed by atoms with Gasteiger partial charge < -0.3 is 4.74 Å². The van der Waals surface area contributed by atoms with Crippen LogP contribution in [-0.4, -0.2) is 23.2 Å². The van der Waals surface area contributed by atoms with Crippen LogP contribution in [0.1, 0.15) is 47.2 Å². The van der Waals surface area contributed by atoms with E-state index in [1.54, 1.807) is 17.0 Å². The maximum absolute atomic E-state index is 14.6. The highest BCUT2D eigenvalue weighted by Gasteiger charge is 2.40. The van der Waals surface area contributed by atoms with Gasteiger partial charge in [0, 0.05) is 41.9 Å². The van der Waals surface area contributed by atoms with Crippen LogP contribution in [0.4, 0.5) is 4.39 Å². The van der Waals surface area contributed by atoms with Crippen LogP contribution < -0.4 is 4.74 Å². The molecule has 0 spiro atoms. The van der Waals surface area contributed by atoms with E-state index in [4.69, 9.17) is 10.2 Å². The summed E-state index contributed by atoms with van der Waals surface area (Å²) in [6.07, 6.45) is -4.00. The van der Waals surface area contributed by atoms with Crippen molar-refractivity contribution in [3.63, 3.8) is 0 Å². The Morgan fingerprint density at radius 2 is 2.15 bits per heavy atom. The molecule has 0 amide bonds. The first-order valence-electron chi connectivity index (χ1n) is 10.4. The summed E-state index contributed by atoms with van der Waals surface area (Å²) >= 11 is 1.35. The zero-order valence-corrected chi connectivity index (χ0v) is 14.9. The van der Waals surface area contributed by atoms with Crippen LogP contribution in [0.15, 0.2) is 30.3 Å². The molecule has 0 radical (unpaired) electrons. The lowest BCUT2D eigenvalue weighted by molar-refractivity contribution is -0.131. The number of hydrogen-bond acceptors (Lipinski definition) is 5. The number of ether oxygens (including phenoxy) is 1. The molecule has 0 bridgehead atoms. The van der Waals surface area contributed by atoms with Crippen molar-refractivity contribution in [1.82, 2.24) is 4.90 Å². The highest BCUT2D eigenvalue weighted by atomic mass is 32.1. The summed E-state index contributed by atoms with van der Waals surface area (Å²) in [5.41, 5.74) is 0.971. The number of esters is 1. The van der Waals surface area contributed by atoms with Gasteiger partial charge in [-0.3, -0.25) is 14.5 Å². The van der Waals surface area contributed by atoms with Gasteiger partial charge in [-0.25, -0.2) is 4.39 Å². The molecule has 1 fully saturated rings. The van der Waals surface area contributed by atoms with Gasteiger partial charge >= 0.3 is 5.97 Å². The van der Waals surface area contributed by atoms with E-state index in [9.17, 15) is 14.0 Å². The smallest absolute Gasteiger partial charge is 0.308 e. The van der Waals surface area contributed by atoms with Crippen molar-refractivity contribution < 1.29 is 24.2 Å². The van der Waals surface area contributed by atoms with E-state index in [2.05, 4.69) is 0 Å². The molecule has 1 saturated carbocycles. The fraction of sp³-hybridized carbons (Fsp3) is 0.400. The standard InChI is InChI=1S/C20H20FNO3S/c1-12(23)25-18-10-14-11-22(9-8-17(14)26-18)19(20(24)13-6-7-13)15-4-2-3-5-16(15)21/h2-5,10,13,19H,6-9,11H2,1H3/i6D2,7D2. The number of ketones is 1. The van der Waals surface area contributed by atoms with Gasteiger partial charge in [0.2, 0.25) is 0 Å². The van der Waals surface area contributed by atoms with Gasteiger partial charge in [-0.05, 0) is 36.9 Å². The third-order valence-corrected chi connectivity index (χ3v) is 5.64. The minimum atomic E-state index is -2.28. The molecule has 2 aromatic rings. The number of rotatable bonds is 5. The molecule has 1 atom stereocenters. The van der Waals surface area contributed by atoms with E-state index in [1.807, 2.05) is 0 Å². The molecule has 26 heavy (non-hydrogen) atoms. The molecule has 0 N–H and O–H groups in total. The first-order valence-corrected chi connectivity index (χ1v) is 9.18. The summed E-state index contributed by atoms with van der Waals surface area (Å²) in [4.78, 5) is 27.3. The Balaban J connectivity index is 1.68. The average Bonchev–Trinajstić information content (AvgIpc) is 2.90. The predicted molar refractivity (Wildman–Crippen MR) is 96.6 cm³/mol. The summed E-state index contributed by atoms with van der Waals surface area (Å²) in [5.74, 6) is -3.12. The fourth-order valence-electron chi connectivity index (χ4n) is 3.31. The lowest BCUT2D eigenvalue weighted by Gasteiger charge is -2.34. The zero-order valence-electron chi connectivity index (χ0n) is 18.1. The van der Waals surface area contributed by atoms with Crippen molar-refractivity contribution in [1.29, 1.82) is 0 Å². The molecule has 0 saturated heterocycles. The van der Waals surface area contributed by atoms with Gasteiger partial charge in [-0.15, -0.1) is 11.3 Å². The third kappa shape index (κ3) is 3.44. The maximum atomic E-state index is 14.6. The molecular weight excluding hydrogens is 353 g/mol. The van der Waals surface area contributed by atoms with Crippen LogP contribution in [0.5, 0.6) is 5.06 Å². The Morgan fingerprint density at radius 3 is 2.85 bits per heavy atom. The second-order valence-corrected chi connectivity index (χ2v) is 7.48. The van der Waals surface area contributed by atoms with E-state index in [1.165, 1.54) is 36.5 Å². The topological polar surface area (TPSA) is 46.6 Å². The number of nitrogens with zero attached hydrogens (tertiary/aromatic N) is 1. The molecule has 1 aliphatic heterocycles. The Kier molecular flexibility index (Phi) is 3.51. The van der Waals surface area contributed by atoms with Crippen LogP contribution in [-0.2, 0) is 22.6 Å². The molecular formula is C20H20FNO3S. The maximum Gasteiger partial charge on any atom is 0.308 e. The second-order valence-electron chi connectivity index (χ2n) is 6.38. The van der Waals surface area contributed by atoms with E-state index in [0.29, 0.717) is 18.0 Å². The lowest BCUT2D eigenvalue weighted by atomic mass is 9.95. The second kappa shape index (κ2) is 6.93. The molecule has 136 valence electrons. The van der Waals surface area contributed by atoms with Gasteiger partial charge in [0.05, 0.1) is 6.04 Å². The normalized spacial score (nSPS) is 24.4. The van der Waals surface area contributed by atoms with Crippen molar-refractivity contribution in [2.75, 3.05) is 6.54 Å². The van der Waals surface area contributed by atoms with E-state index < -0.39 is 42.3 Å². The quantitative estimate of drug-likeness (QED) is 0.742. The van der Waals surface area contributed by atoms with E-state index in [-0.39, 0.29) is 12.1 Å². The molecule has 1 aromatic heterocycles. The predicted octanol–water partition coefficient (Wildman–Crippen LogP) is 3.89. The van der Waals surface area contributed by atoms with Gasteiger partial charge in [0.1, 0.15) is 5.82 Å². The number of carbonyl (C=O) groups excluding carboxylic acids is 2. The number of benzene rings is 1. The summed E-state index contributed by atoms with van der Waals surface area (Å²) < 4.78 is 51.2. The van der Waals surface area contributed by atoms with Crippen LogP contribution >= 0.6 is 11.3 Å². The molecule has 1 aromatic carbocycles. The Labute approximate surface area is 161 Å². The third-order valence-electron chi connectivity index (χ3n) is 4.53. The van der Waals surface area contributed by atoms with Crippen molar-refractivity contribution in [3.8, 4) is 5.06 Å². The zero-order chi connectivity index (χ0) is 21.8. The number of thiophene rings is 1. The fourth-order valence-corrected chi connectivity index (χ4v) is 4.36. The highest BCUT2D eigenvalue weighted by molar-refractivity contribution is 7.14. The first-order chi connectivity index (χ1) is 14.0. The Bertz CT molecular complexity index is 1010. The molecule has 4 rings (SSSR count). The SMILES string of the molecule is [2H]C1([2H])C(C(=O)C(c2ccccc2F)N2CCc3sc(OC(C)=O)cc3C2)C1([2H])[2H].